The van der Waals surface area contributed by atoms with Crippen molar-refractivity contribution < 1.29 is 64.7 Å². The van der Waals surface area contributed by atoms with E-state index in [0.717, 1.165) is 95.2 Å². The van der Waals surface area contributed by atoms with Crippen LogP contribution in [-0.4, -0.2) is 82.9 Å². The zero-order valence-electron chi connectivity index (χ0n) is 75.0. The molecule has 8 nitrogen and oxygen atoms in total. The van der Waals surface area contributed by atoms with E-state index >= 15 is 0 Å². The molecule has 19 aromatic rings. The summed E-state index contributed by atoms with van der Waals surface area (Å²) in [7, 11) is -7.78. The number of nitrogens with zero attached hydrogens (tertiary/aromatic N) is 7. The molecule has 0 aliphatic heterocycles. The summed E-state index contributed by atoms with van der Waals surface area (Å²) >= 11 is 1.83. The molecule has 0 fully saturated rings. The number of aromatic nitrogens is 7. The summed E-state index contributed by atoms with van der Waals surface area (Å²) in [5, 5.41) is 15.7. The van der Waals surface area contributed by atoms with E-state index in [4.69, 9.17) is 14.4 Å². The summed E-state index contributed by atoms with van der Waals surface area (Å²) in [5.41, 5.74) is 17.7. The molecule has 3 radical (unpaired) electrons. The van der Waals surface area contributed by atoms with E-state index in [0.29, 0.717) is 0 Å². The van der Waals surface area contributed by atoms with E-state index in [1.807, 2.05) is 140 Å². The second-order valence-corrected chi connectivity index (χ2v) is 68.7. The van der Waals surface area contributed by atoms with Gasteiger partial charge in [-0.25, -0.2) is 0 Å². The predicted octanol–water partition coefficient (Wildman–Crippen LogP) is 25.9. The van der Waals surface area contributed by atoms with Gasteiger partial charge in [0.05, 0.1) is 54.0 Å². The summed E-state index contributed by atoms with van der Waals surface area (Å²) in [6.07, 6.45) is 11.9. The number of benzene rings is 10. The number of para-hydroxylation sites is 3. The minimum absolute atomic E-state index is 0. The molecule has 0 aliphatic carbocycles. The minimum atomic E-state index is -1.35. The van der Waals surface area contributed by atoms with E-state index < -0.39 is 48.4 Å². The van der Waals surface area contributed by atoms with Gasteiger partial charge in [-0.05, 0) is 118 Å². The van der Waals surface area contributed by atoms with Gasteiger partial charge < -0.3 is 38.9 Å². The third-order valence-electron chi connectivity index (χ3n) is 21.8. The van der Waals surface area contributed by atoms with E-state index in [1.54, 1.807) is 0 Å². The molecule has 0 aliphatic rings. The Hall–Kier alpha value is -9.83. The molecule has 643 valence electrons. The van der Waals surface area contributed by atoms with Gasteiger partial charge >= 0.3 is 0 Å². The van der Waals surface area contributed by atoms with Crippen molar-refractivity contribution in [3.8, 4) is 73.2 Å². The first-order valence-electron chi connectivity index (χ1n) is 42.2. The van der Waals surface area contributed by atoms with Gasteiger partial charge in [-0.15, -0.1) is 179 Å². The Balaban J connectivity index is 0.000000148. The first kappa shape index (κ1) is 96.8. The van der Waals surface area contributed by atoms with E-state index in [-0.39, 0.29) is 60.3 Å². The van der Waals surface area contributed by atoms with Crippen molar-refractivity contribution in [1.82, 2.24) is 34.5 Å². The van der Waals surface area contributed by atoms with Crippen LogP contribution in [0.3, 0.4) is 0 Å². The molecular weight excluding hydrogens is 2190 g/mol. The van der Waals surface area contributed by atoms with Gasteiger partial charge in [0.1, 0.15) is 5.58 Å². The molecule has 0 saturated carbocycles. The molecule has 18 heteroatoms. The summed E-state index contributed by atoms with van der Waals surface area (Å²) in [6, 6.07) is 118. The molecule has 0 bridgehead atoms. The van der Waals surface area contributed by atoms with Crippen molar-refractivity contribution >= 4 is 155 Å². The van der Waals surface area contributed by atoms with Crippen molar-refractivity contribution in [3.05, 3.63) is 359 Å². The molecule has 0 unspecified atom stereocenters. The van der Waals surface area contributed by atoms with Crippen molar-refractivity contribution in [2.45, 2.75) is 118 Å². The average molecular weight is 2300 g/mol. The number of furan rings is 1. The molecule has 0 atom stereocenters. The number of hydrogen-bond acceptors (Lipinski definition) is 8. The molecule has 9 heterocycles. The Morgan fingerprint density at radius 1 is 0.270 bits per heavy atom. The van der Waals surface area contributed by atoms with E-state index in [1.165, 1.54) is 73.1 Å². The maximum absolute atomic E-state index is 5.86. The van der Waals surface area contributed by atoms with Gasteiger partial charge in [0.2, 0.25) is 0 Å². The van der Waals surface area contributed by atoms with Crippen molar-refractivity contribution in [2.24, 2.45) is 0 Å². The van der Waals surface area contributed by atoms with Crippen LogP contribution in [0.1, 0.15) is 0 Å². The molecule has 0 spiro atoms. The maximum Gasteiger partial charge on any atom is 0.120 e. The minimum Gasteiger partial charge on any atom is -0.500 e. The number of fused-ring (bicyclic) bond motifs is 9. The third-order valence-corrected chi connectivity index (χ3v) is 35.1. The number of rotatable bonds is 13. The second kappa shape index (κ2) is 42.0. The van der Waals surface area contributed by atoms with Crippen LogP contribution in [0.4, 0.5) is 0 Å². The Labute approximate surface area is 796 Å². The monoisotopic (exact) mass is 2300 g/mol. The van der Waals surface area contributed by atoms with Crippen LogP contribution >= 0.6 is 11.3 Å². The summed E-state index contributed by atoms with van der Waals surface area (Å²) in [4.78, 5) is 27.6. The van der Waals surface area contributed by atoms with Gasteiger partial charge in [-0.1, -0.05) is 278 Å². The predicted molar refractivity (Wildman–Crippen MR) is 543 cm³/mol. The van der Waals surface area contributed by atoms with Gasteiger partial charge in [0, 0.05) is 119 Å². The zero-order valence-corrected chi connectivity index (χ0v) is 89.0. The van der Waals surface area contributed by atoms with E-state index in [2.05, 4.69) is 373 Å². The fraction of sp³-hybridized carbons (Fsp3) is 0.167. The number of pyridine rings is 6. The average Bonchev–Trinajstić information content (AvgIpc) is 1.63. The van der Waals surface area contributed by atoms with Gasteiger partial charge in [0.25, 0.3) is 0 Å². The Morgan fingerprint density at radius 3 is 1.21 bits per heavy atom. The molecule has 10 aromatic carbocycles. The molecule has 0 saturated heterocycles. The van der Waals surface area contributed by atoms with Crippen LogP contribution < -0.4 is 31.1 Å². The zero-order chi connectivity index (χ0) is 86.9. The molecule has 0 N–H and O–H groups in total. The third kappa shape index (κ3) is 23.9. The summed E-state index contributed by atoms with van der Waals surface area (Å²) in [6.45, 7) is 42.2. The van der Waals surface area contributed by atoms with E-state index in [9.17, 15) is 0 Å². The topological polar surface area (TPSA) is 95.4 Å². The fourth-order valence-corrected chi connectivity index (χ4v) is 22.3. The van der Waals surface area contributed by atoms with Crippen LogP contribution in [0.5, 0.6) is 0 Å². The first-order valence-corrected chi connectivity index (χ1v) is 64.0. The number of thiophene rings is 1. The van der Waals surface area contributed by atoms with Crippen LogP contribution in [-0.2, 0) is 60.3 Å². The fourth-order valence-electron chi connectivity index (χ4n) is 14.5. The summed E-state index contributed by atoms with van der Waals surface area (Å²) in [5.74, 6) is 0. The van der Waals surface area contributed by atoms with Crippen molar-refractivity contribution in [1.29, 1.82) is 0 Å². The van der Waals surface area contributed by atoms with Gasteiger partial charge in [-0.2, -0.15) is 11.3 Å². The first-order chi connectivity index (χ1) is 58.8. The normalized spacial score (nSPS) is 11.5. The quantitative estimate of drug-likeness (QED) is 0.0838. The Kier molecular flexibility index (Phi) is 32.2. The molecule has 126 heavy (non-hydrogen) atoms. The standard InChI is InChI=1S/C26H23N2Si.C20H18NOSi.C20H18NSSi.3C14H16NSi.3Ir/c1-29(2,3)21-14-15-24(27-18-21)19-13-16-26-23(17-19)22-11-7-8-12-25(22)28(26)20-9-5-4-6-10-20;2*1-23(2,3)15-9-10-18(21-13-15)14-8-11-20-17(12-14)16-6-4-5-7-19(16)22-20;1-16(2,3)13-10-7-11-15-14(13)12-8-5-4-6-9-12;1-16(2,3)13-9-10-15-14(11-13)12-7-5-4-6-8-12;1-16(2,3)13-9-10-14(15-11-13)12-7-5-4-6-8-12;;;/h4-12,14-18H,1-3H3;2*4-7,9-13H,1-3H3;4-8,10-11H,1-3H3;2*4-7,9-11H,1-3H3;;;/q6*-1;;;. The Bertz CT molecular complexity index is 6620. The van der Waals surface area contributed by atoms with Crippen molar-refractivity contribution in [2.75, 3.05) is 0 Å². The smallest absolute Gasteiger partial charge is 0.120 e. The van der Waals surface area contributed by atoms with Gasteiger partial charge in [0.15, 0.2) is 0 Å². The van der Waals surface area contributed by atoms with Gasteiger partial charge in [-0.3, -0.25) is 0 Å². The number of hydrogen-bond donors (Lipinski definition) is 0. The van der Waals surface area contributed by atoms with Crippen molar-refractivity contribution in [3.63, 3.8) is 0 Å². The summed E-state index contributed by atoms with van der Waals surface area (Å²) < 4.78 is 10.8. The molecule has 0 amide bonds. The molecule has 19 rings (SSSR count). The molecular formula is C108H107Ir3N7OSSi6-6. The SMILES string of the molecule is C[Si](C)(C)c1ccc(-c2[c-]cc3c(c2)c2ccccc2n3-c2ccccc2)nc1.C[Si](C)(C)c1ccc(-c2[c-]cc3oc4ccccc4c3c2)nc1.C[Si](C)(C)c1ccc(-c2[c-]cc3sc4ccccc4c3c2)nc1.C[Si](C)(C)c1ccc(-c2[c-]cccc2)nc1.C[Si](C)(C)c1cccnc1-c1[c-]cccc1.C[Si](C)(C)c1ccnc(-c2[c-]cccc2)c1.[Ir].[Ir].[Ir]. The largest absolute Gasteiger partial charge is 0.500 e. The maximum atomic E-state index is 5.86. The van der Waals surface area contributed by atoms with Crippen LogP contribution in [0.15, 0.2) is 327 Å². The Morgan fingerprint density at radius 2 is 0.706 bits per heavy atom. The van der Waals surface area contributed by atoms with Crippen LogP contribution in [0, 0.1) is 36.4 Å². The van der Waals surface area contributed by atoms with Crippen LogP contribution in [0.2, 0.25) is 118 Å². The van der Waals surface area contributed by atoms with Crippen LogP contribution in [0.25, 0.3) is 137 Å². The molecule has 9 aromatic heterocycles. The second-order valence-electron chi connectivity index (χ2n) is 37.2.